The number of nitriles is 1. The molecule has 0 bridgehead atoms. The van der Waals surface area contributed by atoms with Crippen LogP contribution < -0.4 is 14.7 Å². The number of hydrogen-bond donors (Lipinski definition) is 1. The van der Waals surface area contributed by atoms with Crippen molar-refractivity contribution in [1.82, 2.24) is 59.2 Å². The van der Waals surface area contributed by atoms with Crippen molar-refractivity contribution in [3.05, 3.63) is 161 Å². The molecule has 0 radical (unpaired) electrons. The van der Waals surface area contributed by atoms with Crippen molar-refractivity contribution in [1.29, 1.82) is 5.26 Å². The first-order chi connectivity index (χ1) is 43.0. The molecule has 20 nitrogen and oxygen atoms in total. The van der Waals surface area contributed by atoms with Crippen molar-refractivity contribution >= 4 is 46.8 Å². The quantitative estimate of drug-likeness (QED) is 0.136. The Balaban J connectivity index is 0.000000132. The molecule has 6 aliphatic rings. The molecule has 13 rings (SSSR count). The number of amides is 2. The third-order valence-corrected chi connectivity index (χ3v) is 17.4. The number of nitrogens with one attached hydrogen (secondary N) is 1. The van der Waals surface area contributed by atoms with Crippen LogP contribution in [0.4, 0.5) is 26.6 Å². The highest BCUT2D eigenvalue weighted by Gasteiger charge is 2.39. The predicted molar refractivity (Wildman–Crippen MR) is 345 cm³/mol. The van der Waals surface area contributed by atoms with E-state index in [-0.39, 0.29) is 39.6 Å². The van der Waals surface area contributed by atoms with Gasteiger partial charge >= 0.3 is 6.09 Å². The average molecular weight is 1230 g/mol. The number of anilines is 3. The van der Waals surface area contributed by atoms with Crippen LogP contribution >= 0.6 is 11.6 Å². The van der Waals surface area contributed by atoms with E-state index >= 15 is 0 Å². The zero-order valence-electron chi connectivity index (χ0n) is 52.1. The van der Waals surface area contributed by atoms with E-state index < -0.39 is 23.4 Å². The van der Waals surface area contributed by atoms with Gasteiger partial charge in [0, 0.05) is 134 Å². The predicted octanol–water partition coefficient (Wildman–Crippen LogP) is 9.18. The number of carbonyl (C=O) groups is 3. The summed E-state index contributed by atoms with van der Waals surface area (Å²) in [6.45, 7) is 22.2. The molecular formula is C67H84ClFN16O4. The number of piperazine rings is 2. The summed E-state index contributed by atoms with van der Waals surface area (Å²) in [6, 6.07) is 35.7. The van der Waals surface area contributed by atoms with Gasteiger partial charge in [0.25, 0.3) is 5.91 Å². The molecular weight excluding hydrogens is 1150 g/mol. The number of nitrogens with zero attached hydrogens (tertiary/aromatic N) is 15. The van der Waals surface area contributed by atoms with Gasteiger partial charge in [0.05, 0.1) is 71.5 Å². The van der Waals surface area contributed by atoms with E-state index in [9.17, 15) is 24.0 Å². The molecule has 4 aromatic heterocycles. The second-order valence-corrected chi connectivity index (χ2v) is 25.2. The highest BCUT2D eigenvalue weighted by molar-refractivity contribution is 6.35. The number of fused-ring (bicyclic) bond motifs is 1. The summed E-state index contributed by atoms with van der Waals surface area (Å²) in [6.07, 6.45) is 12.0. The number of pyridine rings is 1. The van der Waals surface area contributed by atoms with Gasteiger partial charge in [0.1, 0.15) is 17.2 Å². The summed E-state index contributed by atoms with van der Waals surface area (Å²) < 4.78 is 23.5. The Bertz CT molecular complexity index is 3480. The number of aromatic amines is 1. The summed E-state index contributed by atoms with van der Waals surface area (Å²) in [7, 11) is 4.44. The van der Waals surface area contributed by atoms with Gasteiger partial charge in [-0.25, -0.2) is 19.1 Å². The Hall–Kier alpha value is -8.00. The van der Waals surface area contributed by atoms with Crippen LogP contribution in [0.5, 0.6) is 0 Å². The van der Waals surface area contributed by atoms with Crippen LogP contribution in [0.15, 0.2) is 122 Å². The molecule has 0 saturated carbocycles. The first kappa shape index (κ1) is 64.0. The number of ketones is 1. The SMILES string of the molecule is CC(C)(C)OC(=O)N1Cc2nc(-c3c(F)cccc3C#N)cc(Cl)c2C1=O.CN1CCN(C2CCCN(c3ccn(Cc4ccccc4)n3)C2)CC1.CN1CCN(C2CCCN(c3ccn[nH]3)C2)CC1.O=C1CCCN(c2ccn(Cc3ccccc3)n2)C1. The standard InChI is InChI=1S/C20H29N5.C19H15ClFN3O3.C15H17N3O.C13H23N5/c1-22-12-14-23(15-13-22)19-8-5-10-24(17-19)20-9-11-25(21-20)16-18-6-3-2-4-7-18;1-19(2,3)27-18(26)24-9-14-16(17(24)25)11(20)7-13(23-14)15-10(8-22)5-4-6-12(15)21;19-14-7-4-9-17(12-14)15-8-10-18(16-15)11-13-5-2-1-3-6-13;1-16-7-9-17(10-8-16)12-3-2-6-18(11-12)13-4-5-14-15-13/h2-4,6-7,9,11,19H,5,8,10,12-17H2,1H3;4-7H,9H2,1-3H3;1-3,5-6,8,10H,4,7,9,11-12H2;4-5,12H,2-3,6-11H2,1H3,(H,14,15). The number of Topliss-reactive ketones (excluding diaryl/α,β-unsaturated/α-hetero) is 1. The largest absolute Gasteiger partial charge is 0.443 e. The molecule has 1 N–H and O–H groups in total. The van der Waals surface area contributed by atoms with E-state index in [0.29, 0.717) is 24.8 Å². The molecule has 22 heteroatoms. The third-order valence-electron chi connectivity index (χ3n) is 17.1. The number of halogens is 2. The van der Waals surface area contributed by atoms with Gasteiger partial charge in [-0.1, -0.05) is 78.3 Å². The minimum absolute atomic E-state index is 0.00660. The molecule has 10 heterocycles. The average Bonchev–Trinajstić information content (AvgIpc) is 1.81. The zero-order valence-corrected chi connectivity index (χ0v) is 52.8. The Morgan fingerprint density at radius 1 is 0.685 bits per heavy atom. The van der Waals surface area contributed by atoms with Crippen LogP contribution in [-0.2, 0) is 29.2 Å². The Kier molecular flexibility index (Phi) is 21.6. The van der Waals surface area contributed by atoms with Crippen molar-refractivity contribution in [3.8, 4) is 17.3 Å². The molecule has 5 saturated heterocycles. The maximum Gasteiger partial charge on any atom is 0.417 e. The highest BCUT2D eigenvalue weighted by atomic mass is 35.5. The van der Waals surface area contributed by atoms with Gasteiger partial charge in [-0.3, -0.25) is 33.9 Å². The lowest BCUT2D eigenvalue weighted by molar-refractivity contribution is -0.118. The Morgan fingerprint density at radius 2 is 1.25 bits per heavy atom. The molecule has 6 aliphatic heterocycles. The first-order valence-electron chi connectivity index (χ1n) is 31.2. The number of ether oxygens (including phenoxy) is 1. The van der Waals surface area contributed by atoms with Crippen molar-refractivity contribution in [2.75, 3.05) is 120 Å². The maximum atomic E-state index is 14.3. The van der Waals surface area contributed by atoms with E-state index in [1.54, 1.807) is 20.8 Å². The van der Waals surface area contributed by atoms with Gasteiger partial charge in [0.2, 0.25) is 0 Å². The topological polar surface area (TPSA) is 187 Å². The van der Waals surface area contributed by atoms with Crippen molar-refractivity contribution < 1.29 is 23.5 Å². The lowest BCUT2D eigenvalue weighted by Crippen LogP contribution is -2.54. The zero-order chi connectivity index (χ0) is 62.4. The smallest absolute Gasteiger partial charge is 0.417 e. The molecule has 2 unspecified atom stereocenters. The van der Waals surface area contributed by atoms with Crippen molar-refractivity contribution in [2.45, 2.75) is 96.6 Å². The fourth-order valence-electron chi connectivity index (χ4n) is 12.3. The number of rotatable bonds is 10. The van der Waals surface area contributed by atoms with E-state index in [0.717, 1.165) is 74.8 Å². The summed E-state index contributed by atoms with van der Waals surface area (Å²) in [4.78, 5) is 58.7. The molecule has 89 heavy (non-hydrogen) atoms. The van der Waals surface area contributed by atoms with Gasteiger partial charge < -0.3 is 29.2 Å². The molecule has 2 amide bonds. The molecule has 7 aromatic rings. The number of likely N-dealkylation sites (N-methyl/N-ethyl adjacent to an activating group) is 2. The molecule has 5 fully saturated rings. The minimum atomic E-state index is -0.813. The lowest BCUT2D eigenvalue weighted by atomic mass is 10.0. The van der Waals surface area contributed by atoms with E-state index in [2.05, 4.69) is 134 Å². The van der Waals surface area contributed by atoms with Crippen LogP contribution in [0.25, 0.3) is 11.3 Å². The van der Waals surface area contributed by atoms with Crippen LogP contribution in [0.3, 0.4) is 0 Å². The summed E-state index contributed by atoms with van der Waals surface area (Å²) in [5.74, 6) is 2.26. The third kappa shape index (κ3) is 17.2. The minimum Gasteiger partial charge on any atom is -0.443 e. The second kappa shape index (κ2) is 30.0. The summed E-state index contributed by atoms with van der Waals surface area (Å²) in [5, 5.41) is 25.8. The monoisotopic (exact) mass is 1230 g/mol. The number of benzene rings is 3. The maximum absolute atomic E-state index is 14.3. The van der Waals surface area contributed by atoms with Gasteiger partial charge in [-0.15, -0.1) is 0 Å². The Labute approximate surface area is 527 Å². The molecule has 470 valence electrons. The number of carbonyl (C=O) groups excluding carboxylic acids is 3. The molecule has 2 atom stereocenters. The molecule has 0 aliphatic carbocycles. The van der Waals surface area contributed by atoms with E-state index in [1.165, 1.54) is 119 Å². The lowest BCUT2D eigenvalue weighted by Gasteiger charge is -2.42. The summed E-state index contributed by atoms with van der Waals surface area (Å²) >= 11 is 6.23. The number of piperidine rings is 3. The van der Waals surface area contributed by atoms with Crippen molar-refractivity contribution in [3.63, 3.8) is 0 Å². The second-order valence-electron chi connectivity index (χ2n) is 24.8. The van der Waals surface area contributed by atoms with Crippen LogP contribution in [0.1, 0.15) is 92.0 Å². The number of hydrogen-bond acceptors (Lipinski definition) is 16. The van der Waals surface area contributed by atoms with Gasteiger partial charge in [0.15, 0.2) is 17.4 Å². The van der Waals surface area contributed by atoms with E-state index in [4.69, 9.17) is 21.4 Å². The van der Waals surface area contributed by atoms with Crippen LogP contribution in [0, 0.1) is 17.1 Å². The Morgan fingerprint density at radius 3 is 1.80 bits per heavy atom. The fraction of sp³-hybridized carbons (Fsp3) is 0.463. The van der Waals surface area contributed by atoms with Crippen molar-refractivity contribution in [2.24, 2.45) is 0 Å². The number of imide groups is 1. The highest BCUT2D eigenvalue weighted by Crippen LogP contribution is 2.35. The van der Waals surface area contributed by atoms with E-state index in [1.807, 2.05) is 47.4 Å². The summed E-state index contributed by atoms with van der Waals surface area (Å²) in [5.41, 5.74) is 2.25. The van der Waals surface area contributed by atoms with Crippen LogP contribution in [-0.4, -0.2) is 200 Å². The van der Waals surface area contributed by atoms with Gasteiger partial charge in [-0.05, 0) is 96.3 Å². The number of H-pyrrole nitrogens is 1. The van der Waals surface area contributed by atoms with Crippen LogP contribution in [0.2, 0.25) is 5.02 Å². The molecule has 3 aromatic carbocycles. The normalized spacial score (nSPS) is 19.5. The van der Waals surface area contributed by atoms with Gasteiger partial charge in [-0.2, -0.15) is 20.6 Å². The molecule has 0 spiro atoms. The number of aromatic nitrogens is 7. The first-order valence-corrected chi connectivity index (χ1v) is 31.6. The fourth-order valence-corrected chi connectivity index (χ4v) is 12.5.